The molecule has 7 heterocycles. The molecule has 7 rings (SSSR count). The molecule has 3 aliphatic rings. The Balaban J connectivity index is 1.20. The molecular formula is C20H24N10O12P2. The first-order chi connectivity index (χ1) is 20.9. The summed E-state index contributed by atoms with van der Waals surface area (Å²) < 4.78 is 61.4. The highest BCUT2D eigenvalue weighted by atomic mass is 31.2. The highest BCUT2D eigenvalue weighted by molar-refractivity contribution is 7.47. The van der Waals surface area contributed by atoms with Gasteiger partial charge in [-0.05, 0) is 0 Å². The standard InChI is InChI=1S/C20H24N10O12P2/c21-15-9-17(25-3-23-15)29(5-27-9)19-12(32)13-8(40-19)2-38-44(35,36)42-14-11(31)7(1-37-43(33,34)41-13)39-20(14)30-6-28-10-16(22)24-4-26-18(10)30/h3-8,11-14,19-20,31-32H,1-2H2,(H,33,34)(H,35,36)(H2,21,23,25)(H2,22,24,26)/t7-,8-,11-,12-,13+,14-,19-,20-/m1/s1. The number of aliphatic hydroxyl groups is 2. The van der Waals surface area contributed by atoms with Crippen LogP contribution in [0.5, 0.6) is 0 Å². The summed E-state index contributed by atoms with van der Waals surface area (Å²) in [5.41, 5.74) is 12.3. The predicted octanol–water partition coefficient (Wildman–Crippen LogP) is -1.63. The Morgan fingerprint density at radius 3 is 1.80 bits per heavy atom. The van der Waals surface area contributed by atoms with Crippen molar-refractivity contribution in [1.29, 1.82) is 0 Å². The first-order valence-corrected chi connectivity index (χ1v) is 15.8. The molecule has 0 spiro atoms. The average Bonchev–Trinajstić information content (AvgIpc) is 3.73. The van der Waals surface area contributed by atoms with Gasteiger partial charge in [-0.15, -0.1) is 0 Å². The van der Waals surface area contributed by atoms with E-state index in [0.717, 1.165) is 12.7 Å². The van der Waals surface area contributed by atoms with Crippen molar-refractivity contribution in [2.24, 2.45) is 0 Å². The summed E-state index contributed by atoms with van der Waals surface area (Å²) in [5.74, 6) is 0.0829. The van der Waals surface area contributed by atoms with Gasteiger partial charge in [-0.1, -0.05) is 0 Å². The molecule has 44 heavy (non-hydrogen) atoms. The fourth-order valence-corrected chi connectivity index (χ4v) is 7.12. The predicted molar refractivity (Wildman–Crippen MR) is 141 cm³/mol. The minimum Gasteiger partial charge on any atom is -0.387 e. The van der Waals surface area contributed by atoms with Crippen LogP contribution in [-0.4, -0.2) is 109 Å². The van der Waals surface area contributed by atoms with Gasteiger partial charge in [0, 0.05) is 0 Å². The molecule has 0 aliphatic carbocycles. The number of phosphoric acid groups is 2. The molecule has 3 fully saturated rings. The Labute approximate surface area is 244 Å². The van der Waals surface area contributed by atoms with Crippen LogP contribution in [0.3, 0.4) is 0 Å². The van der Waals surface area contributed by atoms with Gasteiger partial charge < -0.3 is 40.9 Å². The SMILES string of the molecule is Nc1ncnc2c1ncn2[C@@H]1O[C@@H]2COP(=O)(O)O[C@@H]3[C@H](O)[C@@H](COP(=O)(O)O[C@@H]2[C@H]1O)O[C@H]3n1cnc2c(N)ncnc21. The van der Waals surface area contributed by atoms with Crippen LogP contribution >= 0.6 is 15.6 Å². The van der Waals surface area contributed by atoms with E-state index in [1.165, 1.54) is 21.8 Å². The molecule has 4 aromatic rings. The van der Waals surface area contributed by atoms with Crippen molar-refractivity contribution in [1.82, 2.24) is 39.0 Å². The minimum absolute atomic E-state index is 0.0348. The maximum absolute atomic E-state index is 13.2. The molecule has 236 valence electrons. The second-order valence-electron chi connectivity index (χ2n) is 9.95. The van der Waals surface area contributed by atoms with Gasteiger partial charge in [0.1, 0.15) is 60.3 Å². The number of aliphatic hydroxyl groups excluding tert-OH is 2. The summed E-state index contributed by atoms with van der Waals surface area (Å²) >= 11 is 0. The van der Waals surface area contributed by atoms with E-state index < -0.39 is 77.9 Å². The zero-order valence-corrected chi connectivity index (χ0v) is 23.8. The third kappa shape index (κ3) is 5.04. The number of imidazole rings is 2. The number of hydrogen-bond donors (Lipinski definition) is 6. The Hall–Kier alpha value is -3.24. The monoisotopic (exact) mass is 658 g/mol. The van der Waals surface area contributed by atoms with Crippen LogP contribution in [0.15, 0.2) is 25.3 Å². The maximum atomic E-state index is 13.2. The quantitative estimate of drug-likeness (QED) is 0.132. The largest absolute Gasteiger partial charge is 0.472 e. The van der Waals surface area contributed by atoms with Gasteiger partial charge in [0.25, 0.3) is 0 Å². The molecule has 2 bridgehead atoms. The molecule has 0 saturated carbocycles. The molecule has 2 unspecified atom stereocenters. The molecule has 0 aromatic carbocycles. The van der Waals surface area contributed by atoms with Crippen LogP contribution in [0.1, 0.15) is 12.5 Å². The molecule has 8 N–H and O–H groups in total. The van der Waals surface area contributed by atoms with E-state index in [0.29, 0.717) is 0 Å². The van der Waals surface area contributed by atoms with Gasteiger partial charge >= 0.3 is 15.6 Å². The highest BCUT2D eigenvalue weighted by Gasteiger charge is 2.54. The molecule has 3 saturated heterocycles. The van der Waals surface area contributed by atoms with Gasteiger partial charge in [-0.2, -0.15) is 0 Å². The van der Waals surface area contributed by atoms with Crippen molar-refractivity contribution >= 4 is 49.6 Å². The molecule has 0 radical (unpaired) electrons. The van der Waals surface area contributed by atoms with E-state index in [-0.39, 0.29) is 34.0 Å². The second-order valence-corrected chi connectivity index (χ2v) is 12.8. The van der Waals surface area contributed by atoms with Crippen LogP contribution in [0.4, 0.5) is 11.6 Å². The fraction of sp³-hybridized carbons (Fsp3) is 0.500. The van der Waals surface area contributed by atoms with Crippen molar-refractivity contribution < 1.29 is 56.7 Å². The van der Waals surface area contributed by atoms with Crippen molar-refractivity contribution in [2.75, 3.05) is 24.7 Å². The van der Waals surface area contributed by atoms with Crippen molar-refractivity contribution in [3.05, 3.63) is 25.3 Å². The topological polar surface area (TPSA) is 310 Å². The van der Waals surface area contributed by atoms with Gasteiger partial charge in [-0.3, -0.25) is 27.2 Å². The third-order valence-corrected chi connectivity index (χ3v) is 9.23. The number of nitrogens with zero attached hydrogens (tertiary/aromatic N) is 8. The molecule has 3 aliphatic heterocycles. The number of phosphoric ester groups is 2. The lowest BCUT2D eigenvalue weighted by molar-refractivity contribution is -0.0672. The normalized spacial score (nSPS) is 38.3. The van der Waals surface area contributed by atoms with Crippen LogP contribution < -0.4 is 11.5 Å². The van der Waals surface area contributed by atoms with Crippen molar-refractivity contribution in [3.8, 4) is 0 Å². The lowest BCUT2D eigenvalue weighted by Gasteiger charge is -2.25. The molecule has 10 atom stereocenters. The summed E-state index contributed by atoms with van der Waals surface area (Å²) in [6.07, 6.45) is -7.41. The number of hydrogen-bond acceptors (Lipinski definition) is 18. The molecule has 4 aromatic heterocycles. The molecule has 22 nitrogen and oxygen atoms in total. The van der Waals surface area contributed by atoms with Crippen molar-refractivity contribution in [3.63, 3.8) is 0 Å². The number of ether oxygens (including phenoxy) is 2. The maximum Gasteiger partial charge on any atom is 0.472 e. The number of nitrogen functional groups attached to an aromatic ring is 2. The van der Waals surface area contributed by atoms with Crippen LogP contribution in [0.25, 0.3) is 22.3 Å². The van der Waals surface area contributed by atoms with Crippen LogP contribution in [0.2, 0.25) is 0 Å². The number of nitrogens with two attached hydrogens (primary N) is 2. The first kappa shape index (κ1) is 29.5. The minimum atomic E-state index is -5.05. The Kier molecular flexibility index (Phi) is 7.16. The van der Waals surface area contributed by atoms with E-state index in [1.807, 2.05) is 0 Å². The molecule has 24 heteroatoms. The van der Waals surface area contributed by atoms with E-state index in [2.05, 4.69) is 29.9 Å². The Morgan fingerprint density at radius 2 is 1.20 bits per heavy atom. The third-order valence-electron chi connectivity index (χ3n) is 7.26. The highest BCUT2D eigenvalue weighted by Crippen LogP contribution is 2.53. The summed E-state index contributed by atoms with van der Waals surface area (Å²) in [6.45, 7) is -1.56. The lowest BCUT2D eigenvalue weighted by Crippen LogP contribution is -2.36. The van der Waals surface area contributed by atoms with E-state index in [1.54, 1.807) is 0 Å². The Morgan fingerprint density at radius 1 is 0.705 bits per heavy atom. The van der Waals surface area contributed by atoms with E-state index >= 15 is 0 Å². The summed E-state index contributed by atoms with van der Waals surface area (Å²) in [4.78, 5) is 45.4. The first-order valence-electron chi connectivity index (χ1n) is 12.8. The zero-order chi connectivity index (χ0) is 31.0. The van der Waals surface area contributed by atoms with Gasteiger partial charge in [-0.25, -0.2) is 39.0 Å². The molecule has 0 amide bonds. The number of fused-ring (bicyclic) bond motifs is 5. The number of rotatable bonds is 2. The Bertz CT molecular complexity index is 1820. The average molecular weight is 658 g/mol. The van der Waals surface area contributed by atoms with Gasteiger partial charge in [0.05, 0.1) is 25.9 Å². The summed E-state index contributed by atoms with van der Waals surface area (Å²) in [6, 6.07) is 0. The zero-order valence-electron chi connectivity index (χ0n) is 22.0. The summed E-state index contributed by atoms with van der Waals surface area (Å²) in [7, 11) is -10.1. The van der Waals surface area contributed by atoms with E-state index in [9.17, 15) is 29.1 Å². The smallest absolute Gasteiger partial charge is 0.387 e. The van der Waals surface area contributed by atoms with Crippen LogP contribution in [0, 0.1) is 0 Å². The summed E-state index contributed by atoms with van der Waals surface area (Å²) in [5, 5.41) is 22.1. The lowest BCUT2D eigenvalue weighted by atomic mass is 10.1. The second kappa shape index (κ2) is 10.7. The number of anilines is 2. The molecular weight excluding hydrogens is 634 g/mol. The number of aromatic nitrogens is 8. The van der Waals surface area contributed by atoms with Crippen LogP contribution in [-0.2, 0) is 36.7 Å². The fourth-order valence-electron chi connectivity index (χ4n) is 5.22. The van der Waals surface area contributed by atoms with E-state index in [4.69, 9.17) is 39.0 Å². The van der Waals surface area contributed by atoms with Gasteiger partial charge in [0.15, 0.2) is 35.4 Å². The van der Waals surface area contributed by atoms with Crippen molar-refractivity contribution in [2.45, 2.75) is 49.1 Å². The van der Waals surface area contributed by atoms with Gasteiger partial charge in [0.2, 0.25) is 0 Å².